The number of phenols is 1. The van der Waals surface area contributed by atoms with E-state index in [1.807, 2.05) is 24.3 Å². The standard InChI is InChI=1S/C28H36O7/c1-3-32-27(30)14-10-20-8-12-25(29)23(17-20)24-18-21(11-15-28(31)33-4-2)9-13-26(24)35-19-22-7-5-6-16-34-22/h8-9,12-13,17-18,22,29H,3-7,10-11,14-16,19H2,1-2H3. The van der Waals surface area contributed by atoms with Crippen molar-refractivity contribution < 1.29 is 33.6 Å². The van der Waals surface area contributed by atoms with Crippen LogP contribution in [0.25, 0.3) is 11.1 Å². The number of carbonyl (C=O) groups is 2. The van der Waals surface area contributed by atoms with Gasteiger partial charge in [0.2, 0.25) is 0 Å². The monoisotopic (exact) mass is 484 g/mol. The Morgan fingerprint density at radius 1 is 0.914 bits per heavy atom. The first-order valence-corrected chi connectivity index (χ1v) is 12.5. The lowest BCUT2D eigenvalue weighted by molar-refractivity contribution is -0.144. The molecule has 0 amide bonds. The number of benzene rings is 2. The van der Waals surface area contributed by atoms with E-state index in [-0.39, 0.29) is 36.6 Å². The molecule has 2 aromatic carbocycles. The zero-order valence-corrected chi connectivity index (χ0v) is 20.7. The smallest absolute Gasteiger partial charge is 0.306 e. The van der Waals surface area contributed by atoms with Crippen LogP contribution in [0.5, 0.6) is 11.5 Å². The molecule has 1 aliphatic rings. The summed E-state index contributed by atoms with van der Waals surface area (Å²) in [5.41, 5.74) is 3.19. The van der Waals surface area contributed by atoms with Gasteiger partial charge < -0.3 is 24.1 Å². The molecule has 7 heteroatoms. The normalized spacial score (nSPS) is 15.4. The van der Waals surface area contributed by atoms with E-state index in [9.17, 15) is 14.7 Å². The minimum atomic E-state index is -0.250. The fourth-order valence-electron chi connectivity index (χ4n) is 4.10. The largest absolute Gasteiger partial charge is 0.507 e. The van der Waals surface area contributed by atoms with Gasteiger partial charge in [-0.25, -0.2) is 0 Å². The highest BCUT2D eigenvalue weighted by molar-refractivity contribution is 5.77. The average molecular weight is 485 g/mol. The van der Waals surface area contributed by atoms with Crippen LogP contribution in [-0.4, -0.2) is 49.6 Å². The van der Waals surface area contributed by atoms with Crippen LogP contribution in [0.4, 0.5) is 0 Å². The molecule has 1 unspecified atom stereocenters. The van der Waals surface area contributed by atoms with E-state index in [0.29, 0.717) is 44.0 Å². The summed E-state index contributed by atoms with van der Waals surface area (Å²) in [7, 11) is 0. The van der Waals surface area contributed by atoms with Crippen molar-refractivity contribution in [2.45, 2.75) is 64.9 Å². The molecule has 3 rings (SSSR count). The highest BCUT2D eigenvalue weighted by Crippen LogP contribution is 2.38. The van der Waals surface area contributed by atoms with E-state index >= 15 is 0 Å². The lowest BCUT2D eigenvalue weighted by Crippen LogP contribution is -2.25. The molecule has 0 bridgehead atoms. The van der Waals surface area contributed by atoms with Crippen molar-refractivity contribution in [3.63, 3.8) is 0 Å². The van der Waals surface area contributed by atoms with E-state index in [4.69, 9.17) is 18.9 Å². The number of ether oxygens (including phenoxy) is 4. The third kappa shape index (κ3) is 8.28. The van der Waals surface area contributed by atoms with Crippen molar-refractivity contribution in [1.29, 1.82) is 0 Å². The lowest BCUT2D eigenvalue weighted by Gasteiger charge is -2.23. The predicted molar refractivity (Wildman–Crippen MR) is 133 cm³/mol. The number of rotatable bonds is 12. The second-order valence-corrected chi connectivity index (χ2v) is 8.59. The van der Waals surface area contributed by atoms with Gasteiger partial charge in [-0.15, -0.1) is 0 Å². The summed E-state index contributed by atoms with van der Waals surface area (Å²) >= 11 is 0. The maximum absolute atomic E-state index is 11.8. The topological polar surface area (TPSA) is 91.3 Å². The maximum atomic E-state index is 11.8. The number of aryl methyl sites for hydroxylation is 2. The van der Waals surface area contributed by atoms with Gasteiger partial charge >= 0.3 is 11.9 Å². The Morgan fingerprint density at radius 3 is 2.14 bits per heavy atom. The van der Waals surface area contributed by atoms with Crippen molar-refractivity contribution in [2.24, 2.45) is 0 Å². The molecular weight excluding hydrogens is 448 g/mol. The molecule has 1 aliphatic heterocycles. The molecule has 0 spiro atoms. The second-order valence-electron chi connectivity index (χ2n) is 8.59. The van der Waals surface area contributed by atoms with Gasteiger partial charge in [-0.05, 0) is 81.3 Å². The lowest BCUT2D eigenvalue weighted by atomic mass is 9.96. The zero-order chi connectivity index (χ0) is 25.0. The number of aromatic hydroxyl groups is 1. The number of esters is 2. The van der Waals surface area contributed by atoms with Gasteiger partial charge in [-0.3, -0.25) is 9.59 Å². The molecule has 1 fully saturated rings. The Labute approximate surface area is 207 Å². The summed E-state index contributed by atoms with van der Waals surface area (Å²) in [5, 5.41) is 10.7. The van der Waals surface area contributed by atoms with E-state index in [1.165, 1.54) is 0 Å². The average Bonchev–Trinajstić information content (AvgIpc) is 2.87. The Kier molecular flexibility index (Phi) is 10.4. The second kappa shape index (κ2) is 13.7. The summed E-state index contributed by atoms with van der Waals surface area (Å²) < 4.78 is 22.1. The molecule has 0 saturated carbocycles. The molecule has 1 atom stereocenters. The van der Waals surface area contributed by atoms with Gasteiger partial charge in [-0.2, -0.15) is 0 Å². The third-order valence-electron chi connectivity index (χ3n) is 5.94. The first-order valence-electron chi connectivity index (χ1n) is 12.5. The van der Waals surface area contributed by atoms with Crippen LogP contribution in [-0.2, 0) is 36.6 Å². The van der Waals surface area contributed by atoms with Crippen LogP contribution in [0.2, 0.25) is 0 Å². The summed E-state index contributed by atoms with van der Waals surface area (Å²) in [4.78, 5) is 23.7. The molecule has 1 saturated heterocycles. The molecular formula is C28H36O7. The quantitative estimate of drug-likeness (QED) is 0.424. The number of hydrogen-bond donors (Lipinski definition) is 1. The van der Waals surface area contributed by atoms with Crippen molar-refractivity contribution in [3.8, 4) is 22.6 Å². The minimum Gasteiger partial charge on any atom is -0.507 e. The van der Waals surface area contributed by atoms with Crippen LogP contribution < -0.4 is 4.74 Å². The van der Waals surface area contributed by atoms with Gasteiger partial charge in [0.1, 0.15) is 18.1 Å². The fourth-order valence-corrected chi connectivity index (χ4v) is 4.10. The van der Waals surface area contributed by atoms with Crippen LogP contribution in [0.1, 0.15) is 57.1 Å². The van der Waals surface area contributed by atoms with Crippen molar-refractivity contribution in [1.82, 2.24) is 0 Å². The molecule has 1 N–H and O–H groups in total. The molecule has 190 valence electrons. The van der Waals surface area contributed by atoms with Crippen LogP contribution in [0.15, 0.2) is 36.4 Å². The highest BCUT2D eigenvalue weighted by Gasteiger charge is 2.18. The molecule has 35 heavy (non-hydrogen) atoms. The van der Waals surface area contributed by atoms with E-state index < -0.39 is 0 Å². The Hall–Kier alpha value is -3.06. The molecule has 0 radical (unpaired) electrons. The van der Waals surface area contributed by atoms with Crippen molar-refractivity contribution in [3.05, 3.63) is 47.5 Å². The van der Waals surface area contributed by atoms with E-state index in [1.54, 1.807) is 26.0 Å². The molecule has 1 heterocycles. The summed E-state index contributed by atoms with van der Waals surface area (Å²) in [6.45, 7) is 5.45. The Bertz CT molecular complexity index is 979. The van der Waals surface area contributed by atoms with Crippen LogP contribution in [0.3, 0.4) is 0 Å². The zero-order valence-electron chi connectivity index (χ0n) is 20.7. The van der Waals surface area contributed by atoms with Crippen molar-refractivity contribution in [2.75, 3.05) is 26.4 Å². The molecule has 2 aromatic rings. The minimum absolute atomic E-state index is 0.0459. The van der Waals surface area contributed by atoms with Crippen molar-refractivity contribution >= 4 is 11.9 Å². The molecule has 0 aliphatic carbocycles. The number of carbonyl (C=O) groups excluding carboxylic acids is 2. The highest BCUT2D eigenvalue weighted by atomic mass is 16.5. The first kappa shape index (κ1) is 26.5. The first-order chi connectivity index (χ1) is 17.0. The summed E-state index contributed by atoms with van der Waals surface area (Å²) in [6.07, 6.45) is 4.75. The number of hydrogen-bond acceptors (Lipinski definition) is 7. The SMILES string of the molecule is CCOC(=O)CCc1ccc(O)c(-c2cc(CCC(=O)OCC)ccc2OCC2CCCCO2)c1. The number of phenolic OH excluding ortho intramolecular Hbond substituents is 1. The summed E-state index contributed by atoms with van der Waals surface area (Å²) in [6, 6.07) is 11.1. The van der Waals surface area contributed by atoms with Crippen LogP contribution >= 0.6 is 0 Å². The van der Waals surface area contributed by atoms with Gasteiger partial charge in [0, 0.05) is 30.6 Å². The van der Waals surface area contributed by atoms with Gasteiger partial charge in [0.05, 0.1) is 19.3 Å². The maximum Gasteiger partial charge on any atom is 0.306 e. The predicted octanol–water partition coefficient (Wildman–Crippen LogP) is 5.00. The Morgan fingerprint density at radius 2 is 1.54 bits per heavy atom. The molecule has 0 aromatic heterocycles. The third-order valence-corrected chi connectivity index (χ3v) is 5.94. The van der Waals surface area contributed by atoms with Gasteiger partial charge in [0.25, 0.3) is 0 Å². The fraction of sp³-hybridized carbons (Fsp3) is 0.500. The molecule has 7 nitrogen and oxygen atoms in total. The summed E-state index contributed by atoms with van der Waals surface area (Å²) in [5.74, 6) is 0.260. The van der Waals surface area contributed by atoms with E-state index in [2.05, 4.69) is 0 Å². The van der Waals surface area contributed by atoms with E-state index in [0.717, 1.165) is 42.6 Å². The Balaban J connectivity index is 1.85. The van der Waals surface area contributed by atoms with Crippen LogP contribution in [0, 0.1) is 0 Å². The van der Waals surface area contributed by atoms with Gasteiger partial charge in [-0.1, -0.05) is 12.1 Å². The van der Waals surface area contributed by atoms with Gasteiger partial charge in [0.15, 0.2) is 0 Å².